The Hall–Kier alpha value is -1.07. The molecule has 0 aromatic heterocycles. The fraction of sp³-hybridized carbons (Fsp3) is 0.600. The number of rotatable bonds is 5. The number of nitrogens with zero attached hydrogens (tertiary/aromatic N) is 1. The van der Waals surface area contributed by atoms with Gasteiger partial charge in [0, 0.05) is 12.6 Å². The normalized spacial score (nSPS) is 17.6. The van der Waals surface area contributed by atoms with Crippen LogP contribution in [0, 0.1) is 13.8 Å². The number of hydrogen-bond acceptors (Lipinski definition) is 2. The Bertz CT molecular complexity index is 469. The molecule has 112 valence electrons. The Morgan fingerprint density at radius 3 is 2.45 bits per heavy atom. The smallest absolute Gasteiger partial charge is 0.387 e. The monoisotopic (exact) mass is 287 g/mol. The maximum Gasteiger partial charge on any atom is 0.401 e. The van der Waals surface area contributed by atoms with Crippen molar-refractivity contribution >= 4 is 0 Å². The molecule has 0 spiro atoms. The number of hydrogen-bond donors (Lipinski definition) is 1. The predicted octanol–water partition coefficient (Wildman–Crippen LogP) is 3.36. The van der Waals surface area contributed by atoms with E-state index in [-0.39, 0.29) is 12.6 Å². The van der Waals surface area contributed by atoms with E-state index in [2.05, 4.69) is 0 Å². The minimum Gasteiger partial charge on any atom is -0.387 e. The number of alkyl halides is 3. The number of aliphatic hydroxyl groups is 1. The maximum atomic E-state index is 12.6. The fourth-order valence-corrected chi connectivity index (χ4v) is 2.53. The summed E-state index contributed by atoms with van der Waals surface area (Å²) in [6, 6.07) is 5.58. The average molecular weight is 287 g/mol. The van der Waals surface area contributed by atoms with E-state index >= 15 is 0 Å². The molecule has 0 amide bonds. The van der Waals surface area contributed by atoms with Crippen LogP contribution in [0.5, 0.6) is 0 Å². The van der Waals surface area contributed by atoms with Gasteiger partial charge >= 0.3 is 6.18 Å². The van der Waals surface area contributed by atoms with Crippen LogP contribution in [-0.4, -0.2) is 35.3 Å². The summed E-state index contributed by atoms with van der Waals surface area (Å²) in [7, 11) is 0. The lowest BCUT2D eigenvalue weighted by atomic mass is 10.0. The number of aryl methyl sites for hydroxylation is 2. The first-order valence-corrected chi connectivity index (χ1v) is 6.82. The van der Waals surface area contributed by atoms with Gasteiger partial charge in [-0.15, -0.1) is 0 Å². The largest absolute Gasteiger partial charge is 0.401 e. The molecule has 1 aliphatic rings. The molecule has 1 N–H and O–H groups in total. The first kappa shape index (κ1) is 15.3. The lowest BCUT2D eigenvalue weighted by molar-refractivity contribution is -0.150. The van der Waals surface area contributed by atoms with Gasteiger partial charge in [-0.3, -0.25) is 4.90 Å². The van der Waals surface area contributed by atoms with E-state index in [4.69, 9.17) is 0 Å². The van der Waals surface area contributed by atoms with Crippen LogP contribution in [0.2, 0.25) is 0 Å². The summed E-state index contributed by atoms with van der Waals surface area (Å²) in [5, 5.41) is 10.2. The van der Waals surface area contributed by atoms with Crippen LogP contribution < -0.4 is 0 Å². The second kappa shape index (κ2) is 5.74. The lowest BCUT2D eigenvalue weighted by Crippen LogP contribution is -2.38. The minimum atomic E-state index is -4.22. The molecule has 5 heteroatoms. The summed E-state index contributed by atoms with van der Waals surface area (Å²) in [5.41, 5.74) is 2.71. The van der Waals surface area contributed by atoms with Gasteiger partial charge in [0.15, 0.2) is 0 Å². The summed E-state index contributed by atoms with van der Waals surface area (Å²) in [5.74, 6) is 0. The van der Waals surface area contributed by atoms with Crippen LogP contribution in [0.3, 0.4) is 0 Å². The van der Waals surface area contributed by atoms with Gasteiger partial charge in [0.1, 0.15) is 0 Å². The third-order valence-corrected chi connectivity index (χ3v) is 3.64. The zero-order valence-corrected chi connectivity index (χ0v) is 11.7. The zero-order chi connectivity index (χ0) is 14.9. The Morgan fingerprint density at radius 1 is 1.30 bits per heavy atom. The van der Waals surface area contributed by atoms with Gasteiger partial charge < -0.3 is 5.11 Å². The summed E-state index contributed by atoms with van der Waals surface area (Å²) in [4.78, 5) is 1.35. The Labute approximate surface area is 117 Å². The number of benzene rings is 1. The van der Waals surface area contributed by atoms with Crippen LogP contribution in [0.15, 0.2) is 18.2 Å². The van der Waals surface area contributed by atoms with E-state index in [0.717, 1.165) is 24.0 Å². The van der Waals surface area contributed by atoms with Crippen molar-refractivity contribution in [2.45, 2.75) is 45.0 Å². The average Bonchev–Trinajstić information content (AvgIpc) is 3.09. The fourth-order valence-electron chi connectivity index (χ4n) is 2.53. The lowest BCUT2D eigenvalue weighted by Gasteiger charge is -2.26. The zero-order valence-electron chi connectivity index (χ0n) is 11.7. The van der Waals surface area contributed by atoms with E-state index in [1.165, 1.54) is 4.90 Å². The molecule has 0 heterocycles. The quantitative estimate of drug-likeness (QED) is 0.897. The summed E-state index contributed by atoms with van der Waals surface area (Å²) in [6.45, 7) is 2.91. The van der Waals surface area contributed by atoms with Crippen LogP contribution >= 0.6 is 0 Å². The van der Waals surface area contributed by atoms with E-state index in [0.29, 0.717) is 5.56 Å². The van der Waals surface area contributed by atoms with Crippen LogP contribution in [0.25, 0.3) is 0 Å². The maximum absolute atomic E-state index is 12.6. The van der Waals surface area contributed by atoms with Crippen molar-refractivity contribution < 1.29 is 18.3 Å². The van der Waals surface area contributed by atoms with Crippen molar-refractivity contribution in [3.63, 3.8) is 0 Å². The molecule has 1 aromatic carbocycles. The van der Waals surface area contributed by atoms with Crippen LogP contribution in [0.4, 0.5) is 13.2 Å². The van der Waals surface area contributed by atoms with Crippen LogP contribution in [0.1, 0.15) is 35.6 Å². The van der Waals surface area contributed by atoms with Crippen molar-refractivity contribution in [3.8, 4) is 0 Å². The molecule has 0 saturated heterocycles. The molecule has 1 aliphatic carbocycles. The predicted molar refractivity (Wildman–Crippen MR) is 71.5 cm³/mol. The molecule has 20 heavy (non-hydrogen) atoms. The third-order valence-electron chi connectivity index (χ3n) is 3.64. The highest BCUT2D eigenvalue weighted by Gasteiger charge is 2.38. The molecule has 0 aliphatic heterocycles. The molecular formula is C15H20F3NO. The van der Waals surface area contributed by atoms with Gasteiger partial charge in [-0.25, -0.2) is 0 Å². The molecule has 1 aromatic rings. The first-order valence-electron chi connectivity index (χ1n) is 6.82. The SMILES string of the molecule is Cc1ccc(C(O)CN(CC(F)(F)F)C2CC2)c(C)c1. The standard InChI is InChI=1S/C15H20F3NO/c1-10-3-6-13(11(2)7-10)14(20)8-19(12-4-5-12)9-15(16,17)18/h3,6-7,12,14,20H,4-5,8-9H2,1-2H3. The van der Waals surface area contributed by atoms with Gasteiger partial charge in [-0.05, 0) is 37.8 Å². The summed E-state index contributed by atoms with van der Waals surface area (Å²) in [6.07, 6.45) is -3.52. The second-order valence-electron chi connectivity index (χ2n) is 5.65. The highest BCUT2D eigenvalue weighted by atomic mass is 19.4. The molecule has 1 fully saturated rings. The summed E-state index contributed by atoms with van der Waals surface area (Å²) < 4.78 is 37.7. The summed E-state index contributed by atoms with van der Waals surface area (Å²) >= 11 is 0. The molecule has 1 atom stereocenters. The molecule has 0 radical (unpaired) electrons. The van der Waals surface area contributed by atoms with Gasteiger partial charge in [-0.2, -0.15) is 13.2 Å². The second-order valence-corrected chi connectivity index (χ2v) is 5.65. The Kier molecular flexibility index (Phi) is 4.39. The highest BCUT2D eigenvalue weighted by Crippen LogP contribution is 2.32. The molecule has 1 saturated carbocycles. The molecule has 0 bridgehead atoms. The van der Waals surface area contributed by atoms with Crippen molar-refractivity contribution in [1.29, 1.82) is 0 Å². The minimum absolute atomic E-state index is 0.0305. The third kappa shape index (κ3) is 4.21. The topological polar surface area (TPSA) is 23.5 Å². The number of aliphatic hydroxyl groups excluding tert-OH is 1. The van der Waals surface area contributed by atoms with Crippen LogP contribution in [-0.2, 0) is 0 Å². The first-order chi connectivity index (χ1) is 9.26. The Morgan fingerprint density at radius 2 is 1.95 bits per heavy atom. The molecule has 2 rings (SSSR count). The molecule has 1 unspecified atom stereocenters. The van der Waals surface area contributed by atoms with Gasteiger partial charge in [0.25, 0.3) is 0 Å². The molecule has 2 nitrogen and oxygen atoms in total. The van der Waals surface area contributed by atoms with Gasteiger partial charge in [-0.1, -0.05) is 23.8 Å². The van der Waals surface area contributed by atoms with E-state index in [1.54, 1.807) is 6.07 Å². The van der Waals surface area contributed by atoms with Crippen molar-refractivity contribution in [2.75, 3.05) is 13.1 Å². The highest BCUT2D eigenvalue weighted by molar-refractivity contribution is 5.32. The van der Waals surface area contributed by atoms with Gasteiger partial charge in [0.05, 0.1) is 12.6 Å². The number of halogens is 3. The van der Waals surface area contributed by atoms with Crippen molar-refractivity contribution in [2.24, 2.45) is 0 Å². The molecular weight excluding hydrogens is 267 g/mol. The van der Waals surface area contributed by atoms with E-state index in [9.17, 15) is 18.3 Å². The van der Waals surface area contributed by atoms with Crippen molar-refractivity contribution in [3.05, 3.63) is 34.9 Å². The van der Waals surface area contributed by atoms with Crippen molar-refractivity contribution in [1.82, 2.24) is 4.90 Å². The van der Waals surface area contributed by atoms with E-state index in [1.807, 2.05) is 26.0 Å². The Balaban J connectivity index is 2.06. The van der Waals surface area contributed by atoms with E-state index < -0.39 is 18.8 Å². The van der Waals surface area contributed by atoms with Gasteiger partial charge in [0.2, 0.25) is 0 Å².